The largest absolute Gasteiger partial charge is 0.327 e. The lowest BCUT2D eigenvalue weighted by molar-refractivity contribution is 0.313. The van der Waals surface area contributed by atoms with Crippen molar-refractivity contribution in [2.75, 3.05) is 0 Å². The highest BCUT2D eigenvalue weighted by molar-refractivity contribution is 5.41. The molecule has 0 aromatic heterocycles. The number of hydrogen-bond donors (Lipinski definition) is 1. The van der Waals surface area contributed by atoms with Crippen molar-refractivity contribution in [1.82, 2.24) is 0 Å². The average Bonchev–Trinajstić information content (AvgIpc) is 2.74. The molecule has 0 radical (unpaired) electrons. The Labute approximate surface area is 98.0 Å². The van der Waals surface area contributed by atoms with Crippen molar-refractivity contribution in [1.29, 1.82) is 0 Å². The van der Waals surface area contributed by atoms with Crippen molar-refractivity contribution in [3.8, 4) is 0 Å². The quantitative estimate of drug-likeness (QED) is 0.707. The van der Waals surface area contributed by atoms with Crippen LogP contribution in [0.1, 0.15) is 48.8 Å². The molecule has 1 heteroatoms. The molecule has 1 atom stereocenters. The van der Waals surface area contributed by atoms with Crippen LogP contribution in [-0.2, 0) is 11.8 Å². The van der Waals surface area contributed by atoms with Gasteiger partial charge in [0.1, 0.15) is 0 Å². The molecule has 1 spiro atoms. The van der Waals surface area contributed by atoms with Crippen LogP contribution < -0.4 is 5.73 Å². The number of benzene rings is 1. The molecule has 2 N–H and O–H groups in total. The van der Waals surface area contributed by atoms with E-state index in [0.717, 1.165) is 0 Å². The second kappa shape index (κ2) is 3.59. The number of aryl methyl sites for hydroxylation is 2. The highest BCUT2D eigenvalue weighted by Crippen LogP contribution is 2.48. The van der Waals surface area contributed by atoms with Gasteiger partial charge in [-0.05, 0) is 43.7 Å². The topological polar surface area (TPSA) is 26.0 Å². The fourth-order valence-corrected chi connectivity index (χ4v) is 3.85. The van der Waals surface area contributed by atoms with Gasteiger partial charge in [0.15, 0.2) is 0 Å². The van der Waals surface area contributed by atoms with Gasteiger partial charge < -0.3 is 5.73 Å². The minimum atomic E-state index is 0.335. The maximum Gasteiger partial charge on any atom is 0.0140 e. The molecule has 1 saturated carbocycles. The highest BCUT2D eigenvalue weighted by Gasteiger charge is 2.44. The fraction of sp³-hybridized carbons (Fsp3) is 0.600. The van der Waals surface area contributed by atoms with Gasteiger partial charge in [0.2, 0.25) is 0 Å². The molecule has 0 saturated heterocycles. The van der Waals surface area contributed by atoms with Crippen LogP contribution in [0.5, 0.6) is 0 Å². The molecule has 0 aliphatic heterocycles. The third kappa shape index (κ3) is 1.34. The summed E-state index contributed by atoms with van der Waals surface area (Å²) < 4.78 is 0. The molecule has 1 aromatic carbocycles. The van der Waals surface area contributed by atoms with E-state index in [0.29, 0.717) is 11.5 Å². The van der Waals surface area contributed by atoms with E-state index < -0.39 is 0 Å². The van der Waals surface area contributed by atoms with Gasteiger partial charge in [-0.3, -0.25) is 0 Å². The van der Waals surface area contributed by atoms with E-state index in [4.69, 9.17) is 5.73 Å². The Morgan fingerprint density at radius 2 is 2.00 bits per heavy atom. The summed E-state index contributed by atoms with van der Waals surface area (Å²) in [6, 6.07) is 7.39. The van der Waals surface area contributed by atoms with Crippen molar-refractivity contribution < 1.29 is 0 Å². The SMILES string of the molecule is Cc1ccc2c(c1)CCC(N)C21CCCC1. The third-order valence-electron chi connectivity index (χ3n) is 4.73. The molecule has 0 bridgehead atoms. The molecule has 16 heavy (non-hydrogen) atoms. The molecule has 2 aliphatic rings. The van der Waals surface area contributed by atoms with Crippen LogP contribution in [0.4, 0.5) is 0 Å². The predicted octanol–water partition coefficient (Wildman–Crippen LogP) is 3.08. The molecule has 1 unspecified atom stereocenters. The molecule has 1 fully saturated rings. The summed E-state index contributed by atoms with van der Waals surface area (Å²) in [4.78, 5) is 0. The van der Waals surface area contributed by atoms with Gasteiger partial charge in [-0.25, -0.2) is 0 Å². The lowest BCUT2D eigenvalue weighted by Crippen LogP contribution is -2.47. The van der Waals surface area contributed by atoms with Gasteiger partial charge in [0.05, 0.1) is 0 Å². The predicted molar refractivity (Wildman–Crippen MR) is 67.6 cm³/mol. The first-order chi connectivity index (χ1) is 7.72. The smallest absolute Gasteiger partial charge is 0.0140 e. The van der Waals surface area contributed by atoms with E-state index in [-0.39, 0.29) is 0 Å². The fourth-order valence-electron chi connectivity index (χ4n) is 3.85. The first-order valence-electron chi connectivity index (χ1n) is 6.58. The number of rotatable bonds is 0. The summed E-state index contributed by atoms with van der Waals surface area (Å²) in [5.41, 5.74) is 11.3. The van der Waals surface area contributed by atoms with E-state index in [1.54, 1.807) is 11.1 Å². The normalized spacial score (nSPS) is 27.0. The zero-order chi connectivity index (χ0) is 11.2. The summed E-state index contributed by atoms with van der Waals surface area (Å²) in [5, 5.41) is 0. The minimum Gasteiger partial charge on any atom is -0.327 e. The van der Waals surface area contributed by atoms with Crippen LogP contribution in [0.2, 0.25) is 0 Å². The van der Waals surface area contributed by atoms with Gasteiger partial charge in [-0.2, -0.15) is 0 Å². The van der Waals surface area contributed by atoms with E-state index in [1.165, 1.54) is 44.1 Å². The highest BCUT2D eigenvalue weighted by atomic mass is 14.7. The van der Waals surface area contributed by atoms with E-state index in [9.17, 15) is 0 Å². The Hall–Kier alpha value is -0.820. The Balaban J connectivity index is 2.13. The van der Waals surface area contributed by atoms with Gasteiger partial charge >= 0.3 is 0 Å². The Morgan fingerprint density at radius 1 is 1.25 bits per heavy atom. The van der Waals surface area contributed by atoms with Crippen molar-refractivity contribution >= 4 is 0 Å². The van der Waals surface area contributed by atoms with Gasteiger partial charge in [0, 0.05) is 11.5 Å². The lowest BCUT2D eigenvalue weighted by Gasteiger charge is -2.41. The van der Waals surface area contributed by atoms with Crippen molar-refractivity contribution in [2.45, 2.75) is 56.9 Å². The zero-order valence-corrected chi connectivity index (χ0v) is 10.1. The maximum absolute atomic E-state index is 6.43. The van der Waals surface area contributed by atoms with Gasteiger partial charge in [-0.1, -0.05) is 36.6 Å². The third-order valence-corrected chi connectivity index (χ3v) is 4.73. The van der Waals surface area contributed by atoms with E-state index in [1.807, 2.05) is 0 Å². The number of nitrogens with two attached hydrogens (primary N) is 1. The summed E-state index contributed by atoms with van der Waals surface area (Å²) in [6.45, 7) is 2.19. The van der Waals surface area contributed by atoms with E-state index >= 15 is 0 Å². The average molecular weight is 215 g/mol. The van der Waals surface area contributed by atoms with Crippen LogP contribution in [0.15, 0.2) is 18.2 Å². The molecule has 1 nitrogen and oxygen atoms in total. The van der Waals surface area contributed by atoms with Crippen molar-refractivity contribution in [2.24, 2.45) is 5.73 Å². The van der Waals surface area contributed by atoms with Crippen LogP contribution in [0.3, 0.4) is 0 Å². The molecule has 2 aliphatic carbocycles. The van der Waals surface area contributed by atoms with Crippen LogP contribution in [0.25, 0.3) is 0 Å². The Morgan fingerprint density at radius 3 is 2.75 bits per heavy atom. The van der Waals surface area contributed by atoms with E-state index in [2.05, 4.69) is 25.1 Å². The molecule has 3 rings (SSSR count). The molecule has 0 heterocycles. The lowest BCUT2D eigenvalue weighted by atomic mass is 9.66. The van der Waals surface area contributed by atoms with Crippen LogP contribution in [0, 0.1) is 6.92 Å². The van der Waals surface area contributed by atoms with Crippen molar-refractivity contribution in [3.05, 3.63) is 34.9 Å². The van der Waals surface area contributed by atoms with Crippen LogP contribution >= 0.6 is 0 Å². The Kier molecular flexibility index (Phi) is 2.32. The first-order valence-corrected chi connectivity index (χ1v) is 6.58. The summed E-state index contributed by atoms with van der Waals surface area (Å²) >= 11 is 0. The second-order valence-corrected chi connectivity index (χ2v) is 5.67. The van der Waals surface area contributed by atoms with Crippen molar-refractivity contribution in [3.63, 3.8) is 0 Å². The molecular weight excluding hydrogens is 194 g/mol. The minimum absolute atomic E-state index is 0.335. The van der Waals surface area contributed by atoms with Gasteiger partial charge in [0.25, 0.3) is 0 Å². The molecule has 86 valence electrons. The summed E-state index contributed by atoms with van der Waals surface area (Å²) in [5.74, 6) is 0. The maximum atomic E-state index is 6.43. The first kappa shape index (κ1) is 10.3. The standard InChI is InChI=1S/C15H21N/c1-11-4-6-13-12(10-11)5-7-14(16)15(13)8-2-3-9-15/h4,6,10,14H,2-3,5,7-9,16H2,1H3. The summed E-state index contributed by atoms with van der Waals surface area (Å²) in [7, 11) is 0. The number of hydrogen-bond acceptors (Lipinski definition) is 1. The monoisotopic (exact) mass is 215 g/mol. The molecular formula is C15H21N. The molecule has 1 aromatic rings. The number of fused-ring (bicyclic) bond motifs is 2. The zero-order valence-electron chi connectivity index (χ0n) is 10.1. The summed E-state index contributed by atoms with van der Waals surface area (Å²) in [6.07, 6.45) is 7.70. The Bertz CT molecular complexity index is 402. The van der Waals surface area contributed by atoms with Crippen LogP contribution in [-0.4, -0.2) is 6.04 Å². The van der Waals surface area contributed by atoms with Gasteiger partial charge in [-0.15, -0.1) is 0 Å². The molecule has 0 amide bonds. The second-order valence-electron chi connectivity index (χ2n) is 5.67.